The number of rotatable bonds is 5. The van der Waals surface area contributed by atoms with Crippen molar-refractivity contribution in [2.24, 2.45) is 16.0 Å². The Morgan fingerprint density at radius 2 is 2.35 bits per heavy atom. The molecule has 120 valence electrons. The standard InChI is InChI=1S/C17H22N6/c1-4-12(8-18-3)17(15-10-20-22-11(15)2)21-14-5-6-16-13(7-14)9-19-23-16/h4-7,9-10,13,16,18,23H,8H2,1-3H3,(H,20,22)/b12-4+,21-17?. The van der Waals surface area contributed by atoms with E-state index < -0.39 is 0 Å². The maximum absolute atomic E-state index is 4.92. The number of allylic oxidation sites excluding steroid dienone is 2. The van der Waals surface area contributed by atoms with Gasteiger partial charge in [-0.2, -0.15) is 10.2 Å². The van der Waals surface area contributed by atoms with Gasteiger partial charge in [-0.15, -0.1) is 0 Å². The summed E-state index contributed by atoms with van der Waals surface area (Å²) in [5.41, 5.74) is 8.17. The molecule has 1 aliphatic heterocycles. The summed E-state index contributed by atoms with van der Waals surface area (Å²) in [4.78, 5) is 4.92. The van der Waals surface area contributed by atoms with Crippen LogP contribution in [-0.2, 0) is 0 Å². The molecule has 0 aromatic carbocycles. The quantitative estimate of drug-likeness (QED) is 0.724. The second-order valence-electron chi connectivity index (χ2n) is 5.67. The van der Waals surface area contributed by atoms with E-state index in [4.69, 9.17) is 4.99 Å². The SMILES string of the molecule is C/C=C(\CNC)C(=NC1=CC2C=NNC2C=C1)c1cn[nH]c1C. The summed E-state index contributed by atoms with van der Waals surface area (Å²) >= 11 is 0. The molecule has 3 rings (SSSR count). The molecular weight excluding hydrogens is 288 g/mol. The van der Waals surface area contributed by atoms with Crippen molar-refractivity contribution in [2.75, 3.05) is 13.6 Å². The van der Waals surface area contributed by atoms with Crippen molar-refractivity contribution in [1.82, 2.24) is 20.9 Å². The van der Waals surface area contributed by atoms with Crippen molar-refractivity contribution >= 4 is 11.9 Å². The second kappa shape index (κ2) is 6.75. The maximum Gasteiger partial charge on any atom is 0.0784 e. The van der Waals surface area contributed by atoms with Crippen LogP contribution in [0.25, 0.3) is 0 Å². The number of aromatic nitrogens is 2. The molecule has 2 heterocycles. The Morgan fingerprint density at radius 1 is 1.48 bits per heavy atom. The molecular formula is C17H22N6. The average Bonchev–Trinajstić information content (AvgIpc) is 3.18. The molecule has 1 aromatic rings. The molecule has 0 fully saturated rings. The van der Waals surface area contributed by atoms with Crippen LogP contribution in [0.2, 0.25) is 0 Å². The summed E-state index contributed by atoms with van der Waals surface area (Å²) < 4.78 is 0. The molecule has 2 atom stereocenters. The van der Waals surface area contributed by atoms with Crippen LogP contribution < -0.4 is 10.7 Å². The highest BCUT2D eigenvalue weighted by molar-refractivity contribution is 6.14. The molecule has 6 heteroatoms. The van der Waals surface area contributed by atoms with Gasteiger partial charge in [0, 0.05) is 29.9 Å². The van der Waals surface area contributed by atoms with Gasteiger partial charge in [-0.1, -0.05) is 12.2 Å². The van der Waals surface area contributed by atoms with Gasteiger partial charge >= 0.3 is 0 Å². The Labute approximate surface area is 136 Å². The van der Waals surface area contributed by atoms with E-state index in [-0.39, 0.29) is 12.0 Å². The van der Waals surface area contributed by atoms with E-state index in [0.717, 1.165) is 34.8 Å². The lowest BCUT2D eigenvalue weighted by molar-refractivity contribution is 0.619. The van der Waals surface area contributed by atoms with Crippen LogP contribution in [0.1, 0.15) is 18.2 Å². The van der Waals surface area contributed by atoms with Crippen LogP contribution in [0.4, 0.5) is 0 Å². The first-order chi connectivity index (χ1) is 11.2. The molecule has 0 bridgehead atoms. The van der Waals surface area contributed by atoms with E-state index in [2.05, 4.69) is 44.3 Å². The summed E-state index contributed by atoms with van der Waals surface area (Å²) in [6, 6.07) is 0.256. The van der Waals surface area contributed by atoms with Crippen LogP contribution >= 0.6 is 0 Å². The topological polar surface area (TPSA) is 77.5 Å². The highest BCUT2D eigenvalue weighted by Crippen LogP contribution is 2.22. The summed E-state index contributed by atoms with van der Waals surface area (Å²) in [5.74, 6) is 0.267. The van der Waals surface area contributed by atoms with Gasteiger partial charge in [0.2, 0.25) is 0 Å². The number of aryl methyl sites for hydroxylation is 1. The predicted molar refractivity (Wildman–Crippen MR) is 93.7 cm³/mol. The molecule has 2 aliphatic rings. The number of nitrogens with one attached hydrogen (secondary N) is 3. The van der Waals surface area contributed by atoms with Gasteiger partial charge in [0.15, 0.2) is 0 Å². The number of aromatic amines is 1. The molecule has 3 N–H and O–H groups in total. The third kappa shape index (κ3) is 3.17. The van der Waals surface area contributed by atoms with Crippen LogP contribution in [0, 0.1) is 12.8 Å². The zero-order valence-corrected chi connectivity index (χ0v) is 13.7. The number of fused-ring (bicyclic) bond motifs is 1. The third-order valence-electron chi connectivity index (χ3n) is 4.07. The van der Waals surface area contributed by atoms with Crippen molar-refractivity contribution < 1.29 is 0 Å². The second-order valence-corrected chi connectivity index (χ2v) is 5.67. The Balaban J connectivity index is 2.00. The zero-order valence-electron chi connectivity index (χ0n) is 13.7. The maximum atomic E-state index is 4.92. The zero-order chi connectivity index (χ0) is 16.2. The lowest BCUT2D eigenvalue weighted by Crippen LogP contribution is -2.26. The molecule has 0 saturated carbocycles. The van der Waals surface area contributed by atoms with Gasteiger partial charge in [0.1, 0.15) is 0 Å². The number of H-pyrrole nitrogens is 1. The molecule has 23 heavy (non-hydrogen) atoms. The monoisotopic (exact) mass is 310 g/mol. The Hall–Kier alpha value is -2.47. The summed E-state index contributed by atoms with van der Waals surface area (Å²) in [6.45, 7) is 4.80. The smallest absolute Gasteiger partial charge is 0.0784 e. The lowest BCUT2D eigenvalue weighted by atomic mass is 9.96. The van der Waals surface area contributed by atoms with Crippen LogP contribution in [-0.4, -0.2) is 41.8 Å². The minimum absolute atomic E-state index is 0.256. The van der Waals surface area contributed by atoms with Crippen LogP contribution in [0.5, 0.6) is 0 Å². The Bertz CT molecular complexity index is 719. The van der Waals surface area contributed by atoms with Crippen LogP contribution in [0.15, 0.2) is 51.9 Å². The van der Waals surface area contributed by atoms with Crippen molar-refractivity contribution in [3.8, 4) is 0 Å². The largest absolute Gasteiger partial charge is 0.316 e. The molecule has 0 radical (unpaired) electrons. The van der Waals surface area contributed by atoms with E-state index in [0.29, 0.717) is 0 Å². The number of hydrazone groups is 1. The van der Waals surface area contributed by atoms with Gasteiger partial charge in [-0.3, -0.25) is 5.10 Å². The fourth-order valence-electron chi connectivity index (χ4n) is 2.78. The summed E-state index contributed by atoms with van der Waals surface area (Å²) in [6.07, 6.45) is 12.2. The number of nitrogens with zero attached hydrogens (tertiary/aromatic N) is 3. The highest BCUT2D eigenvalue weighted by Gasteiger charge is 2.23. The van der Waals surface area contributed by atoms with Crippen LogP contribution in [0.3, 0.4) is 0 Å². The Morgan fingerprint density at radius 3 is 3.04 bits per heavy atom. The van der Waals surface area contributed by atoms with E-state index >= 15 is 0 Å². The summed E-state index contributed by atoms with van der Waals surface area (Å²) in [5, 5.41) is 14.5. The minimum atomic E-state index is 0.256. The van der Waals surface area contributed by atoms with Crippen molar-refractivity contribution in [3.63, 3.8) is 0 Å². The first kappa shape index (κ1) is 15.4. The van der Waals surface area contributed by atoms with Gasteiger partial charge in [-0.25, -0.2) is 4.99 Å². The first-order valence-electron chi connectivity index (χ1n) is 7.81. The number of likely N-dealkylation sites (N-methyl/N-ethyl adjacent to an activating group) is 1. The molecule has 1 aliphatic carbocycles. The van der Waals surface area contributed by atoms with E-state index in [1.54, 1.807) is 0 Å². The van der Waals surface area contributed by atoms with E-state index in [9.17, 15) is 0 Å². The van der Waals surface area contributed by atoms with Gasteiger partial charge in [0.25, 0.3) is 0 Å². The highest BCUT2D eigenvalue weighted by atomic mass is 15.3. The minimum Gasteiger partial charge on any atom is -0.316 e. The third-order valence-corrected chi connectivity index (χ3v) is 4.07. The number of aliphatic imine (C=N–C) groups is 1. The first-order valence-corrected chi connectivity index (χ1v) is 7.81. The average molecular weight is 310 g/mol. The lowest BCUT2D eigenvalue weighted by Gasteiger charge is -2.17. The normalized spacial score (nSPS) is 23.7. The number of hydrogen-bond acceptors (Lipinski definition) is 5. The van der Waals surface area contributed by atoms with E-state index in [1.807, 2.05) is 39.4 Å². The van der Waals surface area contributed by atoms with Gasteiger partial charge in [0.05, 0.1) is 23.6 Å². The molecule has 6 nitrogen and oxygen atoms in total. The van der Waals surface area contributed by atoms with Gasteiger partial charge < -0.3 is 10.7 Å². The molecule has 0 saturated heterocycles. The van der Waals surface area contributed by atoms with Gasteiger partial charge in [-0.05, 0) is 38.6 Å². The van der Waals surface area contributed by atoms with Crippen molar-refractivity contribution in [1.29, 1.82) is 0 Å². The summed E-state index contributed by atoms with van der Waals surface area (Å²) in [7, 11) is 1.94. The van der Waals surface area contributed by atoms with Crippen molar-refractivity contribution in [3.05, 3.63) is 53.0 Å². The van der Waals surface area contributed by atoms with E-state index in [1.165, 1.54) is 0 Å². The molecule has 0 spiro atoms. The fraction of sp³-hybridized carbons (Fsp3) is 0.353. The fourth-order valence-corrected chi connectivity index (χ4v) is 2.78. The molecule has 1 aromatic heterocycles. The Kier molecular flexibility index (Phi) is 4.52. The number of hydrogen-bond donors (Lipinski definition) is 3. The molecule has 2 unspecified atom stereocenters. The van der Waals surface area contributed by atoms with Crippen molar-refractivity contribution in [2.45, 2.75) is 19.9 Å². The molecule has 0 amide bonds. The predicted octanol–water partition coefficient (Wildman–Crippen LogP) is 1.70.